The Balaban J connectivity index is 1.31. The number of methoxy groups -OCH3 is 1. The zero-order chi connectivity index (χ0) is 36.3. The molecule has 266 valence electrons. The van der Waals surface area contributed by atoms with E-state index in [1.165, 1.54) is 25.5 Å². The van der Waals surface area contributed by atoms with Crippen molar-refractivity contribution in [2.24, 2.45) is 0 Å². The molecule has 0 unspecified atom stereocenters. The number of halogens is 1. The van der Waals surface area contributed by atoms with E-state index < -0.39 is 15.7 Å². The maximum Gasteiger partial charge on any atom is 0.223 e. The average Bonchev–Trinajstić information content (AvgIpc) is 3.08. The topological polar surface area (TPSA) is 106 Å². The van der Waals surface area contributed by atoms with Crippen LogP contribution in [0.1, 0.15) is 60.7 Å². The van der Waals surface area contributed by atoms with E-state index in [4.69, 9.17) is 4.74 Å². The predicted octanol–water partition coefficient (Wildman–Crippen LogP) is 7.16. The molecule has 4 aromatic rings. The van der Waals surface area contributed by atoms with Gasteiger partial charge in [-0.15, -0.1) is 0 Å². The van der Waals surface area contributed by atoms with E-state index in [0.717, 1.165) is 52.7 Å². The second-order valence-electron chi connectivity index (χ2n) is 13.1. The second-order valence-corrected chi connectivity index (χ2v) is 17.1. The summed E-state index contributed by atoms with van der Waals surface area (Å²) in [5.74, 6) is -0.197. The number of ether oxygens (including phenoxy) is 1. The fraction of sp³-hybridized carbons (Fsp3) is 0.359. The maximum atomic E-state index is 14.1. The fourth-order valence-electron chi connectivity index (χ4n) is 5.19. The monoisotopic (exact) mass is 719 g/mol. The van der Waals surface area contributed by atoms with Gasteiger partial charge < -0.3 is 15.0 Å². The summed E-state index contributed by atoms with van der Waals surface area (Å²) in [6, 6.07) is 23.1. The number of Topliss-reactive ketones (excluding diaryl/α,β-unsaturated/α-hetero) is 1. The number of nitrogens with one attached hydrogen (secondary N) is 1. The summed E-state index contributed by atoms with van der Waals surface area (Å²) in [6.07, 6.45) is 3.87. The summed E-state index contributed by atoms with van der Waals surface area (Å²) in [6.45, 7) is 8.77. The number of pyridine rings is 1. The number of rotatable bonds is 17. The molecule has 4 rings (SSSR count). The first-order valence-corrected chi connectivity index (χ1v) is 19.4. The minimum Gasteiger partial charge on any atom is -0.494 e. The SMILES string of the molecule is COc1ccc(C(=O)CCC(=O)N(CCSC(C)(C)C)Cc2ccc(-c3ccc(CNCCc4ccc(S(C)(=O)=O)cc4)cn3)cc2)cc1F. The van der Waals surface area contributed by atoms with E-state index in [2.05, 4.69) is 31.1 Å². The Labute approximate surface area is 299 Å². The third-order valence-electron chi connectivity index (χ3n) is 8.01. The summed E-state index contributed by atoms with van der Waals surface area (Å²) in [5.41, 5.74) is 5.11. The van der Waals surface area contributed by atoms with Crippen LogP contribution in [0.25, 0.3) is 11.3 Å². The Morgan fingerprint density at radius 3 is 2.20 bits per heavy atom. The van der Waals surface area contributed by atoms with Crippen LogP contribution in [0.2, 0.25) is 0 Å². The molecular formula is C39H46FN3O5S2. The van der Waals surface area contributed by atoms with Crippen molar-refractivity contribution in [3.8, 4) is 17.0 Å². The number of aromatic nitrogens is 1. The van der Waals surface area contributed by atoms with E-state index in [0.29, 0.717) is 24.5 Å². The molecule has 0 saturated carbocycles. The van der Waals surface area contributed by atoms with Crippen molar-refractivity contribution >= 4 is 33.3 Å². The van der Waals surface area contributed by atoms with Gasteiger partial charge in [-0.3, -0.25) is 14.6 Å². The number of sulfone groups is 1. The fourth-order valence-corrected chi connectivity index (χ4v) is 6.74. The number of hydrogen-bond donors (Lipinski definition) is 1. The molecule has 1 amide bonds. The van der Waals surface area contributed by atoms with Crippen molar-refractivity contribution in [2.45, 2.75) is 62.8 Å². The summed E-state index contributed by atoms with van der Waals surface area (Å²) in [4.78, 5) is 32.9. The van der Waals surface area contributed by atoms with Crippen molar-refractivity contribution in [2.75, 3.05) is 32.2 Å². The number of carbonyl (C=O) groups is 2. The largest absolute Gasteiger partial charge is 0.494 e. The molecule has 0 atom stereocenters. The highest BCUT2D eigenvalue weighted by molar-refractivity contribution is 8.00. The van der Waals surface area contributed by atoms with Gasteiger partial charge in [0, 0.05) is 66.6 Å². The van der Waals surface area contributed by atoms with Crippen LogP contribution >= 0.6 is 11.8 Å². The molecule has 0 aliphatic rings. The quantitative estimate of drug-likeness (QED) is 0.0906. The van der Waals surface area contributed by atoms with Crippen molar-refractivity contribution in [1.29, 1.82) is 0 Å². The molecule has 0 aliphatic heterocycles. The smallest absolute Gasteiger partial charge is 0.223 e. The molecule has 0 radical (unpaired) electrons. The Hall–Kier alpha value is -4.06. The number of benzene rings is 3. The van der Waals surface area contributed by atoms with Crippen molar-refractivity contribution in [3.63, 3.8) is 0 Å². The third kappa shape index (κ3) is 12.1. The predicted molar refractivity (Wildman–Crippen MR) is 199 cm³/mol. The lowest BCUT2D eigenvalue weighted by molar-refractivity contribution is -0.131. The number of hydrogen-bond acceptors (Lipinski definition) is 8. The highest BCUT2D eigenvalue weighted by Gasteiger charge is 2.19. The van der Waals surface area contributed by atoms with Gasteiger partial charge in [-0.1, -0.05) is 63.2 Å². The van der Waals surface area contributed by atoms with E-state index in [9.17, 15) is 22.4 Å². The van der Waals surface area contributed by atoms with Gasteiger partial charge in [-0.2, -0.15) is 11.8 Å². The van der Waals surface area contributed by atoms with Gasteiger partial charge in [-0.25, -0.2) is 12.8 Å². The summed E-state index contributed by atoms with van der Waals surface area (Å²) < 4.78 is 42.4. The van der Waals surface area contributed by atoms with Crippen LogP contribution in [0.4, 0.5) is 4.39 Å². The van der Waals surface area contributed by atoms with E-state index in [-0.39, 0.29) is 40.6 Å². The van der Waals surface area contributed by atoms with Crippen molar-refractivity contribution in [3.05, 3.63) is 113 Å². The van der Waals surface area contributed by atoms with Crippen molar-refractivity contribution in [1.82, 2.24) is 15.2 Å². The molecule has 1 N–H and O–H groups in total. The average molecular weight is 720 g/mol. The van der Waals surface area contributed by atoms with Gasteiger partial charge in [0.1, 0.15) is 0 Å². The first-order chi connectivity index (χ1) is 23.7. The van der Waals surface area contributed by atoms with E-state index in [1.54, 1.807) is 28.8 Å². The zero-order valence-electron chi connectivity index (χ0n) is 29.4. The van der Waals surface area contributed by atoms with Gasteiger partial charge in [-0.05, 0) is 66.1 Å². The second kappa shape index (κ2) is 17.7. The van der Waals surface area contributed by atoms with Crippen LogP contribution in [0.3, 0.4) is 0 Å². The van der Waals surface area contributed by atoms with Gasteiger partial charge in [0.05, 0.1) is 17.7 Å². The molecule has 0 saturated heterocycles. The number of ketones is 1. The van der Waals surface area contributed by atoms with Gasteiger partial charge in [0.15, 0.2) is 27.2 Å². The van der Waals surface area contributed by atoms with Crippen LogP contribution in [0, 0.1) is 5.82 Å². The molecule has 1 aromatic heterocycles. The summed E-state index contributed by atoms with van der Waals surface area (Å²) >= 11 is 1.78. The molecule has 50 heavy (non-hydrogen) atoms. The molecule has 3 aromatic carbocycles. The lowest BCUT2D eigenvalue weighted by Gasteiger charge is -2.25. The Kier molecular flexibility index (Phi) is 13.7. The Bertz CT molecular complexity index is 1840. The molecule has 0 bridgehead atoms. The van der Waals surface area contributed by atoms with Crippen LogP contribution in [0.15, 0.2) is 90.0 Å². The first-order valence-electron chi connectivity index (χ1n) is 16.5. The van der Waals surface area contributed by atoms with E-state index >= 15 is 0 Å². The minimum atomic E-state index is -3.19. The van der Waals surface area contributed by atoms with Gasteiger partial charge in [0.2, 0.25) is 5.91 Å². The van der Waals surface area contributed by atoms with Crippen LogP contribution in [-0.2, 0) is 34.1 Å². The molecule has 8 nitrogen and oxygen atoms in total. The first kappa shape index (κ1) is 38.7. The number of thioether (sulfide) groups is 1. The standard InChI is InChI=1S/C39H46FN3O5S2/c1-39(2,3)49-23-22-43(38(45)19-17-36(44)32-13-18-37(48-4)34(40)24-32)27-29-6-11-31(12-7-29)35-16-10-30(26-42-35)25-41-21-20-28-8-14-33(15-9-28)50(5,46)47/h6-16,18,24,26,41H,17,19-23,25,27H2,1-5H3. The molecule has 0 aliphatic carbocycles. The molecule has 0 fully saturated rings. The summed E-state index contributed by atoms with van der Waals surface area (Å²) in [7, 11) is -1.83. The van der Waals surface area contributed by atoms with Crippen LogP contribution in [-0.4, -0.2) is 66.9 Å². The van der Waals surface area contributed by atoms with Gasteiger partial charge >= 0.3 is 0 Å². The Morgan fingerprint density at radius 2 is 1.60 bits per heavy atom. The number of carbonyl (C=O) groups excluding carboxylic acids is 2. The molecular weight excluding hydrogens is 674 g/mol. The maximum absolute atomic E-state index is 14.1. The highest BCUT2D eigenvalue weighted by Crippen LogP contribution is 2.24. The lowest BCUT2D eigenvalue weighted by atomic mass is 10.1. The van der Waals surface area contributed by atoms with Crippen LogP contribution in [0.5, 0.6) is 5.75 Å². The summed E-state index contributed by atoms with van der Waals surface area (Å²) in [5, 5.41) is 3.41. The number of nitrogens with zero attached hydrogens (tertiary/aromatic N) is 2. The normalized spacial score (nSPS) is 11.7. The third-order valence-corrected chi connectivity index (χ3v) is 10.4. The minimum absolute atomic E-state index is 0.00920. The molecule has 0 spiro atoms. The van der Waals surface area contributed by atoms with Crippen molar-refractivity contribution < 1.29 is 27.1 Å². The molecule has 1 heterocycles. The molecule has 11 heteroatoms. The van der Waals surface area contributed by atoms with E-state index in [1.807, 2.05) is 54.7 Å². The zero-order valence-corrected chi connectivity index (χ0v) is 31.0. The van der Waals surface area contributed by atoms with Crippen LogP contribution < -0.4 is 10.1 Å². The Morgan fingerprint density at radius 1 is 0.920 bits per heavy atom. The lowest BCUT2D eigenvalue weighted by Crippen LogP contribution is -2.33. The number of amides is 1. The van der Waals surface area contributed by atoms with Gasteiger partial charge in [0.25, 0.3) is 0 Å². The highest BCUT2D eigenvalue weighted by atomic mass is 32.2.